The van der Waals surface area contributed by atoms with Gasteiger partial charge in [0.15, 0.2) is 5.65 Å². The highest BCUT2D eigenvalue weighted by Gasteiger charge is 2.08. The molecule has 0 saturated heterocycles. The van der Waals surface area contributed by atoms with Crippen LogP contribution in [0, 0.1) is 0 Å². The first-order chi connectivity index (χ1) is 7.34. The lowest BCUT2D eigenvalue weighted by Crippen LogP contribution is -2.36. The lowest BCUT2D eigenvalue weighted by atomic mass is 10.5. The Morgan fingerprint density at radius 1 is 1.54 bits per heavy atom. The van der Waals surface area contributed by atoms with Gasteiger partial charge in [0.2, 0.25) is 0 Å². The molecule has 68 valence electrons. The molecule has 0 aliphatic carbocycles. The summed E-state index contributed by atoms with van der Waals surface area (Å²) in [7, 11) is 1.35. The SMILES string of the molecule is [2H]C([2H])([2H])n1c(=O)c2[nH]cnc2n(C)c1=O. The molecule has 0 atom stereocenters. The molecule has 1 N–H and O–H groups in total. The zero-order valence-electron chi connectivity index (χ0n) is 9.74. The van der Waals surface area contributed by atoms with Crippen LogP contribution in [-0.2, 0) is 14.0 Å². The molecule has 2 heterocycles. The van der Waals surface area contributed by atoms with Gasteiger partial charge in [-0.1, -0.05) is 0 Å². The van der Waals surface area contributed by atoms with Gasteiger partial charge in [0.25, 0.3) is 5.56 Å². The predicted octanol–water partition coefficient (Wildman–Crippen LogP) is -1.04. The van der Waals surface area contributed by atoms with Gasteiger partial charge in [-0.25, -0.2) is 9.78 Å². The largest absolute Gasteiger partial charge is 0.339 e. The molecule has 2 aromatic heterocycles. The van der Waals surface area contributed by atoms with Crippen LogP contribution in [0.25, 0.3) is 11.2 Å². The number of nitrogens with zero attached hydrogens (tertiary/aromatic N) is 3. The monoisotopic (exact) mass is 183 g/mol. The number of fused-ring (bicyclic) bond motifs is 1. The van der Waals surface area contributed by atoms with E-state index in [2.05, 4.69) is 9.97 Å². The number of aromatic amines is 1. The van der Waals surface area contributed by atoms with Crippen molar-refractivity contribution in [2.45, 2.75) is 0 Å². The highest BCUT2D eigenvalue weighted by atomic mass is 16.2. The molecular formula is C7H8N4O2. The summed E-state index contributed by atoms with van der Waals surface area (Å²) in [5, 5.41) is 0. The van der Waals surface area contributed by atoms with Crippen LogP contribution in [0.1, 0.15) is 4.11 Å². The number of hydrogen-bond acceptors (Lipinski definition) is 3. The summed E-state index contributed by atoms with van der Waals surface area (Å²) < 4.78 is 22.6. The second kappa shape index (κ2) is 2.32. The fourth-order valence-corrected chi connectivity index (χ4v) is 1.14. The van der Waals surface area contributed by atoms with E-state index in [9.17, 15) is 9.59 Å². The Balaban J connectivity index is 3.07. The van der Waals surface area contributed by atoms with Gasteiger partial charge in [-0.05, 0) is 0 Å². The van der Waals surface area contributed by atoms with E-state index in [1.807, 2.05) is 0 Å². The van der Waals surface area contributed by atoms with E-state index in [-0.39, 0.29) is 15.7 Å². The van der Waals surface area contributed by atoms with Crippen LogP contribution in [0.15, 0.2) is 15.9 Å². The van der Waals surface area contributed by atoms with Crippen molar-refractivity contribution in [3.8, 4) is 0 Å². The van der Waals surface area contributed by atoms with E-state index in [1.54, 1.807) is 0 Å². The van der Waals surface area contributed by atoms with Gasteiger partial charge < -0.3 is 4.98 Å². The summed E-state index contributed by atoms with van der Waals surface area (Å²) in [6.45, 7) is -2.80. The number of hydrogen-bond donors (Lipinski definition) is 1. The molecule has 0 amide bonds. The normalized spacial score (nSPS) is 15.3. The second-order valence-corrected chi connectivity index (χ2v) is 2.58. The third-order valence-corrected chi connectivity index (χ3v) is 1.83. The summed E-state index contributed by atoms with van der Waals surface area (Å²) in [5.74, 6) is 0. The van der Waals surface area contributed by atoms with Crippen LogP contribution in [0.3, 0.4) is 0 Å². The van der Waals surface area contributed by atoms with E-state index in [1.165, 1.54) is 13.4 Å². The molecule has 0 bridgehead atoms. The Morgan fingerprint density at radius 3 is 3.00 bits per heavy atom. The summed E-state index contributed by atoms with van der Waals surface area (Å²) in [6.07, 6.45) is 1.23. The van der Waals surface area contributed by atoms with Crippen molar-refractivity contribution in [2.75, 3.05) is 0 Å². The molecule has 6 nitrogen and oxygen atoms in total. The highest BCUT2D eigenvalue weighted by Crippen LogP contribution is 1.97. The molecule has 0 aromatic carbocycles. The van der Waals surface area contributed by atoms with Crippen molar-refractivity contribution in [2.24, 2.45) is 14.0 Å². The molecule has 13 heavy (non-hydrogen) atoms. The molecule has 6 heteroatoms. The van der Waals surface area contributed by atoms with Gasteiger partial charge in [-0.3, -0.25) is 13.9 Å². The van der Waals surface area contributed by atoms with E-state index in [0.717, 1.165) is 4.57 Å². The van der Waals surface area contributed by atoms with E-state index in [4.69, 9.17) is 4.11 Å². The van der Waals surface area contributed by atoms with Gasteiger partial charge in [0.1, 0.15) is 5.52 Å². The van der Waals surface area contributed by atoms with Crippen LogP contribution >= 0.6 is 0 Å². The Labute approximate surface area is 76.7 Å². The first-order valence-corrected chi connectivity index (χ1v) is 3.49. The van der Waals surface area contributed by atoms with Crippen molar-refractivity contribution in [3.05, 3.63) is 27.2 Å². The Hall–Kier alpha value is -1.85. The molecule has 0 radical (unpaired) electrons. The maximum atomic E-state index is 11.7. The maximum absolute atomic E-state index is 11.7. The predicted molar refractivity (Wildman–Crippen MR) is 46.6 cm³/mol. The van der Waals surface area contributed by atoms with Gasteiger partial charge >= 0.3 is 5.69 Å². The molecule has 2 aromatic rings. The van der Waals surface area contributed by atoms with Crippen LogP contribution in [0.4, 0.5) is 0 Å². The van der Waals surface area contributed by atoms with Crippen LogP contribution < -0.4 is 11.2 Å². The Kier molecular flexibility index (Phi) is 0.892. The smallest absolute Gasteiger partial charge is 0.332 e. The lowest BCUT2D eigenvalue weighted by Gasteiger charge is -2.00. The van der Waals surface area contributed by atoms with Crippen molar-refractivity contribution in [1.82, 2.24) is 19.1 Å². The summed E-state index contributed by atoms with van der Waals surface area (Å²) >= 11 is 0. The quantitative estimate of drug-likeness (QED) is 0.567. The minimum Gasteiger partial charge on any atom is -0.339 e. The third-order valence-electron chi connectivity index (χ3n) is 1.83. The molecule has 0 saturated carbocycles. The zero-order valence-corrected chi connectivity index (χ0v) is 6.74. The highest BCUT2D eigenvalue weighted by molar-refractivity contribution is 5.68. The summed E-state index contributed by atoms with van der Waals surface area (Å²) in [6, 6.07) is 0. The second-order valence-electron chi connectivity index (χ2n) is 2.58. The lowest BCUT2D eigenvalue weighted by molar-refractivity contribution is 0.709. The molecule has 0 aliphatic heterocycles. The molecule has 0 aliphatic rings. The van der Waals surface area contributed by atoms with Crippen molar-refractivity contribution < 1.29 is 4.11 Å². The standard InChI is InChI=1S/C7H8N4O2/c1-10-5-4(8-3-9-5)6(12)11(2)7(10)13/h3H,1-2H3,(H,8,9)/i2D3. The fourth-order valence-electron chi connectivity index (χ4n) is 1.14. The number of aryl methyl sites for hydroxylation is 1. The molecule has 2 rings (SSSR count). The van der Waals surface area contributed by atoms with Crippen molar-refractivity contribution >= 4 is 11.2 Å². The molecule has 0 spiro atoms. The van der Waals surface area contributed by atoms with E-state index >= 15 is 0 Å². The Morgan fingerprint density at radius 2 is 2.31 bits per heavy atom. The summed E-state index contributed by atoms with van der Waals surface area (Å²) in [5.41, 5.74) is -1.67. The van der Waals surface area contributed by atoms with Crippen molar-refractivity contribution in [3.63, 3.8) is 0 Å². The van der Waals surface area contributed by atoms with Crippen LogP contribution in [0.5, 0.6) is 0 Å². The topological polar surface area (TPSA) is 72.7 Å². The number of aromatic nitrogens is 4. The number of H-pyrrole nitrogens is 1. The molecular weight excluding hydrogens is 172 g/mol. The van der Waals surface area contributed by atoms with E-state index in [0.29, 0.717) is 0 Å². The fraction of sp³-hybridized carbons (Fsp3) is 0.286. The van der Waals surface area contributed by atoms with E-state index < -0.39 is 18.2 Å². The average Bonchev–Trinajstić information content (AvgIpc) is 2.61. The zero-order chi connectivity index (χ0) is 12.1. The van der Waals surface area contributed by atoms with Crippen molar-refractivity contribution in [1.29, 1.82) is 0 Å². The average molecular weight is 183 g/mol. The van der Waals surface area contributed by atoms with Gasteiger partial charge in [-0.2, -0.15) is 0 Å². The third kappa shape index (κ3) is 0.851. The number of imidazole rings is 1. The number of rotatable bonds is 0. The first-order valence-electron chi connectivity index (χ1n) is 4.99. The minimum atomic E-state index is -2.80. The molecule has 0 fully saturated rings. The maximum Gasteiger partial charge on any atom is 0.332 e. The molecule has 0 unspecified atom stereocenters. The Bertz CT molecular complexity index is 663. The van der Waals surface area contributed by atoms with Gasteiger partial charge in [0, 0.05) is 18.1 Å². The first kappa shape index (κ1) is 5.00. The summed E-state index contributed by atoms with van der Waals surface area (Å²) in [4.78, 5) is 29.7. The van der Waals surface area contributed by atoms with Gasteiger partial charge in [-0.15, -0.1) is 0 Å². The van der Waals surface area contributed by atoms with Gasteiger partial charge in [0.05, 0.1) is 6.33 Å². The van der Waals surface area contributed by atoms with Crippen LogP contribution in [-0.4, -0.2) is 19.1 Å². The number of nitrogens with one attached hydrogen (secondary N) is 1. The van der Waals surface area contributed by atoms with Crippen LogP contribution in [0.2, 0.25) is 0 Å². The minimum absolute atomic E-state index is 0.00164.